The molecular formula is C10H17NO2. The van der Waals surface area contributed by atoms with Crippen LogP contribution in [0.2, 0.25) is 0 Å². The van der Waals surface area contributed by atoms with E-state index in [0.29, 0.717) is 0 Å². The number of methoxy groups -OCH3 is 1. The van der Waals surface area contributed by atoms with Gasteiger partial charge < -0.3 is 10.1 Å². The third kappa shape index (κ3) is 3.09. The Morgan fingerprint density at radius 3 is 2.62 bits per heavy atom. The Balaban J connectivity index is 2.31. The molecule has 1 N–H and O–H groups in total. The molecule has 0 aromatic rings. The van der Waals surface area contributed by atoms with E-state index in [1.54, 1.807) is 6.20 Å². The van der Waals surface area contributed by atoms with E-state index in [4.69, 9.17) is 0 Å². The lowest BCUT2D eigenvalue weighted by Gasteiger charge is -2.24. The van der Waals surface area contributed by atoms with Crippen molar-refractivity contribution in [3.8, 4) is 0 Å². The van der Waals surface area contributed by atoms with Crippen LogP contribution in [0, 0.1) is 5.92 Å². The van der Waals surface area contributed by atoms with Gasteiger partial charge in [0.1, 0.15) is 0 Å². The summed E-state index contributed by atoms with van der Waals surface area (Å²) >= 11 is 0. The summed E-state index contributed by atoms with van der Waals surface area (Å²) in [6, 6.07) is 0. The molecule has 3 heteroatoms. The molecule has 1 aliphatic rings. The molecule has 13 heavy (non-hydrogen) atoms. The van der Waals surface area contributed by atoms with E-state index in [9.17, 15) is 4.79 Å². The van der Waals surface area contributed by atoms with E-state index < -0.39 is 0 Å². The van der Waals surface area contributed by atoms with Crippen LogP contribution in [0.4, 0.5) is 0 Å². The Labute approximate surface area is 79.2 Å². The molecule has 1 saturated carbocycles. The second-order valence-electron chi connectivity index (χ2n) is 4.00. The van der Waals surface area contributed by atoms with Crippen LogP contribution in [0.1, 0.15) is 26.7 Å². The number of hydrogen-bond donors (Lipinski definition) is 1. The first-order valence-electron chi connectivity index (χ1n) is 4.58. The first-order valence-corrected chi connectivity index (χ1v) is 4.58. The van der Waals surface area contributed by atoms with Gasteiger partial charge in [0.25, 0.3) is 0 Å². The van der Waals surface area contributed by atoms with Gasteiger partial charge in [-0.3, -0.25) is 0 Å². The number of rotatable bonds is 4. The van der Waals surface area contributed by atoms with E-state index in [0.717, 1.165) is 5.92 Å². The van der Waals surface area contributed by atoms with Crippen LogP contribution in [0.15, 0.2) is 12.3 Å². The summed E-state index contributed by atoms with van der Waals surface area (Å²) in [5.74, 6) is 0.425. The van der Waals surface area contributed by atoms with E-state index >= 15 is 0 Å². The molecule has 0 radical (unpaired) electrons. The highest BCUT2D eigenvalue weighted by molar-refractivity contribution is 5.81. The van der Waals surface area contributed by atoms with Crippen molar-refractivity contribution in [1.82, 2.24) is 5.32 Å². The summed E-state index contributed by atoms with van der Waals surface area (Å²) in [7, 11) is 1.37. The molecule has 0 aliphatic heterocycles. The number of ether oxygens (including phenoxy) is 1. The lowest BCUT2D eigenvalue weighted by Crippen LogP contribution is -2.37. The van der Waals surface area contributed by atoms with Gasteiger partial charge in [0.15, 0.2) is 0 Å². The molecular weight excluding hydrogens is 166 g/mol. The quantitative estimate of drug-likeness (QED) is 0.529. The highest BCUT2D eigenvalue weighted by Crippen LogP contribution is 2.39. The molecule has 74 valence electrons. The van der Waals surface area contributed by atoms with Crippen molar-refractivity contribution in [2.45, 2.75) is 32.2 Å². The van der Waals surface area contributed by atoms with Crippen molar-refractivity contribution in [2.24, 2.45) is 5.92 Å². The molecule has 1 aliphatic carbocycles. The summed E-state index contributed by atoms with van der Waals surface area (Å²) in [5, 5.41) is 3.20. The predicted molar refractivity (Wildman–Crippen MR) is 51.1 cm³/mol. The minimum Gasteiger partial charge on any atom is -0.466 e. The van der Waals surface area contributed by atoms with Gasteiger partial charge in [-0.15, -0.1) is 0 Å². The van der Waals surface area contributed by atoms with Gasteiger partial charge in [-0.05, 0) is 32.6 Å². The first-order chi connectivity index (χ1) is 6.06. The monoisotopic (exact) mass is 183 g/mol. The number of carbonyl (C=O) groups excluding carboxylic acids is 1. The number of carbonyl (C=O) groups is 1. The second kappa shape index (κ2) is 3.81. The van der Waals surface area contributed by atoms with Gasteiger partial charge in [-0.25, -0.2) is 4.79 Å². The van der Waals surface area contributed by atoms with Crippen molar-refractivity contribution in [1.29, 1.82) is 0 Å². The fourth-order valence-corrected chi connectivity index (χ4v) is 1.32. The third-order valence-electron chi connectivity index (χ3n) is 2.47. The largest absolute Gasteiger partial charge is 0.466 e. The SMILES string of the molecule is COC(=O)/C=C/NC(C)(C)C1CC1. The molecule has 1 rings (SSSR count). The molecule has 0 atom stereocenters. The highest BCUT2D eigenvalue weighted by atomic mass is 16.5. The lowest BCUT2D eigenvalue weighted by atomic mass is 9.99. The van der Waals surface area contributed by atoms with Crippen molar-refractivity contribution in [3.63, 3.8) is 0 Å². The molecule has 0 aromatic carbocycles. The highest BCUT2D eigenvalue weighted by Gasteiger charge is 2.36. The molecule has 0 spiro atoms. The molecule has 0 heterocycles. The van der Waals surface area contributed by atoms with E-state index in [1.807, 2.05) is 0 Å². The van der Waals surface area contributed by atoms with Crippen LogP contribution >= 0.6 is 0 Å². The molecule has 0 aromatic heterocycles. The zero-order chi connectivity index (χ0) is 9.90. The van der Waals surface area contributed by atoms with Crippen LogP contribution < -0.4 is 5.32 Å². The van der Waals surface area contributed by atoms with E-state index in [-0.39, 0.29) is 11.5 Å². The van der Waals surface area contributed by atoms with Gasteiger partial charge in [-0.1, -0.05) is 0 Å². The summed E-state index contributed by atoms with van der Waals surface area (Å²) in [5.41, 5.74) is 0.102. The van der Waals surface area contributed by atoms with Gasteiger partial charge in [0.05, 0.1) is 7.11 Å². The average molecular weight is 183 g/mol. The standard InChI is InChI=1S/C10H17NO2/c1-10(2,8-4-5-8)11-7-6-9(12)13-3/h6-8,11H,4-5H2,1-3H3/b7-6+. The number of esters is 1. The van der Waals surface area contributed by atoms with Crippen molar-refractivity contribution >= 4 is 5.97 Å². The second-order valence-corrected chi connectivity index (χ2v) is 4.00. The summed E-state index contributed by atoms with van der Waals surface area (Å²) in [4.78, 5) is 10.7. The number of nitrogens with one attached hydrogen (secondary N) is 1. The molecule has 0 unspecified atom stereocenters. The van der Waals surface area contributed by atoms with Crippen LogP contribution in [-0.2, 0) is 9.53 Å². The summed E-state index contributed by atoms with van der Waals surface area (Å²) in [6.45, 7) is 4.29. The zero-order valence-corrected chi connectivity index (χ0v) is 8.46. The maximum atomic E-state index is 10.7. The van der Waals surface area contributed by atoms with Crippen molar-refractivity contribution < 1.29 is 9.53 Å². The normalized spacial score (nSPS) is 17.5. The van der Waals surface area contributed by atoms with Crippen LogP contribution in [0.25, 0.3) is 0 Å². The maximum Gasteiger partial charge on any atom is 0.331 e. The summed E-state index contributed by atoms with van der Waals surface area (Å²) < 4.78 is 4.48. The lowest BCUT2D eigenvalue weighted by molar-refractivity contribution is -0.134. The van der Waals surface area contributed by atoms with E-state index in [2.05, 4.69) is 23.9 Å². The predicted octanol–water partition coefficient (Wildman–Crippen LogP) is 1.45. The Morgan fingerprint density at radius 1 is 1.54 bits per heavy atom. The molecule has 1 fully saturated rings. The maximum absolute atomic E-state index is 10.7. The fourth-order valence-electron chi connectivity index (χ4n) is 1.32. The van der Waals surface area contributed by atoms with Crippen LogP contribution in [0.5, 0.6) is 0 Å². The van der Waals surface area contributed by atoms with Crippen molar-refractivity contribution in [3.05, 3.63) is 12.3 Å². The zero-order valence-electron chi connectivity index (χ0n) is 8.46. The van der Waals surface area contributed by atoms with E-state index in [1.165, 1.54) is 26.0 Å². The topological polar surface area (TPSA) is 38.3 Å². The minimum absolute atomic E-state index is 0.102. The number of hydrogen-bond acceptors (Lipinski definition) is 3. The average Bonchev–Trinajstić information content (AvgIpc) is 2.85. The van der Waals surface area contributed by atoms with Gasteiger partial charge >= 0.3 is 5.97 Å². The van der Waals surface area contributed by atoms with Crippen LogP contribution in [-0.4, -0.2) is 18.6 Å². The Morgan fingerprint density at radius 2 is 2.15 bits per heavy atom. The van der Waals surface area contributed by atoms with Gasteiger partial charge in [-0.2, -0.15) is 0 Å². The smallest absolute Gasteiger partial charge is 0.331 e. The Hall–Kier alpha value is -0.990. The molecule has 0 amide bonds. The Kier molecular flexibility index (Phi) is 2.96. The molecule has 0 saturated heterocycles. The van der Waals surface area contributed by atoms with Gasteiger partial charge in [0.2, 0.25) is 0 Å². The van der Waals surface area contributed by atoms with Crippen molar-refractivity contribution in [2.75, 3.05) is 7.11 Å². The van der Waals surface area contributed by atoms with Gasteiger partial charge in [0, 0.05) is 17.8 Å². The summed E-state index contributed by atoms with van der Waals surface area (Å²) in [6.07, 6.45) is 5.65. The molecule has 3 nitrogen and oxygen atoms in total. The third-order valence-corrected chi connectivity index (χ3v) is 2.47. The molecule has 0 bridgehead atoms. The fraction of sp³-hybridized carbons (Fsp3) is 0.700. The first kappa shape index (κ1) is 10.1. The van der Waals surface area contributed by atoms with Crippen LogP contribution in [0.3, 0.4) is 0 Å². The minimum atomic E-state index is -0.320. The Bertz CT molecular complexity index is 217.